The van der Waals surface area contributed by atoms with Gasteiger partial charge in [-0.05, 0) is 54.9 Å². The van der Waals surface area contributed by atoms with Gasteiger partial charge in [0.2, 0.25) is 0 Å². The molecule has 7 heteroatoms. The summed E-state index contributed by atoms with van der Waals surface area (Å²) in [5.41, 5.74) is 5.70. The van der Waals surface area contributed by atoms with E-state index in [0.717, 1.165) is 41.3 Å². The van der Waals surface area contributed by atoms with Crippen LogP contribution in [0, 0.1) is 12.7 Å². The summed E-state index contributed by atoms with van der Waals surface area (Å²) in [6.45, 7) is 5.92. The molecule has 1 N–H and O–H groups in total. The van der Waals surface area contributed by atoms with E-state index in [1.807, 2.05) is 6.08 Å². The second kappa shape index (κ2) is 6.59. The van der Waals surface area contributed by atoms with Crippen molar-refractivity contribution in [2.75, 3.05) is 0 Å². The Kier molecular flexibility index (Phi) is 3.99. The quantitative estimate of drug-likeness (QED) is 0.387. The highest BCUT2D eigenvalue weighted by Gasteiger charge is 2.36. The molecule has 0 amide bonds. The number of aliphatic hydroxyl groups is 1. The summed E-state index contributed by atoms with van der Waals surface area (Å²) in [4.78, 5) is 30.0. The van der Waals surface area contributed by atoms with E-state index in [9.17, 15) is 19.1 Å². The summed E-state index contributed by atoms with van der Waals surface area (Å²) in [6, 6.07) is 3.13. The van der Waals surface area contributed by atoms with Crippen LogP contribution in [0.3, 0.4) is 0 Å². The molecule has 6 rings (SSSR count). The van der Waals surface area contributed by atoms with Gasteiger partial charge >= 0.3 is 5.97 Å². The lowest BCUT2D eigenvalue weighted by Crippen LogP contribution is -2.32. The first-order chi connectivity index (χ1) is 15.4. The van der Waals surface area contributed by atoms with Crippen molar-refractivity contribution in [3.05, 3.63) is 74.3 Å². The number of hydrogen-bond donors (Lipinski definition) is 1. The van der Waals surface area contributed by atoms with E-state index in [0.29, 0.717) is 29.0 Å². The van der Waals surface area contributed by atoms with Crippen LogP contribution < -0.4 is 5.56 Å². The predicted octanol–water partition coefficient (Wildman–Crippen LogP) is 3.57. The number of allylic oxidation sites excluding steroid dienone is 1. The van der Waals surface area contributed by atoms with Crippen molar-refractivity contribution >= 4 is 16.9 Å². The molecule has 3 aromatic rings. The van der Waals surface area contributed by atoms with Gasteiger partial charge in [-0.1, -0.05) is 6.08 Å². The zero-order valence-corrected chi connectivity index (χ0v) is 17.6. The van der Waals surface area contributed by atoms with E-state index in [2.05, 4.69) is 6.58 Å². The Bertz CT molecular complexity index is 1440. The number of pyridine rings is 2. The monoisotopic (exact) mass is 432 g/mol. The van der Waals surface area contributed by atoms with E-state index < -0.39 is 12.1 Å². The van der Waals surface area contributed by atoms with Gasteiger partial charge in [-0.15, -0.1) is 6.58 Å². The molecular weight excluding hydrogens is 411 g/mol. The lowest BCUT2D eigenvalue weighted by molar-refractivity contribution is -0.157. The fourth-order valence-electron chi connectivity index (χ4n) is 5.63. The third kappa shape index (κ3) is 2.40. The Morgan fingerprint density at radius 3 is 2.91 bits per heavy atom. The van der Waals surface area contributed by atoms with E-state index in [-0.39, 0.29) is 35.0 Å². The standard InChI is InChI=1S/C25H21FN2O4/c1-3-4-12-5-6-13-11(2)17(26)8-18-21(13)20(12)15-9-28-19(22(15)27-18)7-14-16(24(28)30)10-32-25(31)23(14)29/h3,7-8,12,23,29H,1,4-6,9-10H2,2H3. The van der Waals surface area contributed by atoms with Crippen molar-refractivity contribution in [3.63, 3.8) is 0 Å². The van der Waals surface area contributed by atoms with Gasteiger partial charge in [0.15, 0.2) is 6.10 Å². The molecule has 2 atom stereocenters. The van der Waals surface area contributed by atoms with Gasteiger partial charge in [0.1, 0.15) is 12.4 Å². The van der Waals surface area contributed by atoms with E-state index in [1.165, 1.54) is 6.07 Å². The normalized spacial score (nSPS) is 20.5. The third-order valence-corrected chi connectivity index (χ3v) is 7.22. The van der Waals surface area contributed by atoms with E-state index in [4.69, 9.17) is 9.72 Å². The molecule has 2 unspecified atom stereocenters. The zero-order valence-electron chi connectivity index (χ0n) is 17.6. The molecule has 4 heterocycles. The Labute approximate surface area is 183 Å². The van der Waals surface area contributed by atoms with Crippen molar-refractivity contribution in [3.8, 4) is 11.4 Å². The van der Waals surface area contributed by atoms with Gasteiger partial charge in [0, 0.05) is 22.6 Å². The number of benzene rings is 1. The van der Waals surface area contributed by atoms with Crippen LogP contribution in [-0.2, 0) is 29.1 Å². The highest BCUT2D eigenvalue weighted by Crippen LogP contribution is 2.46. The summed E-state index contributed by atoms with van der Waals surface area (Å²) in [5.74, 6) is -0.846. The van der Waals surface area contributed by atoms with Gasteiger partial charge < -0.3 is 14.4 Å². The summed E-state index contributed by atoms with van der Waals surface area (Å²) >= 11 is 0. The molecule has 0 spiro atoms. The molecule has 32 heavy (non-hydrogen) atoms. The highest BCUT2D eigenvalue weighted by molar-refractivity contribution is 5.93. The second-order valence-electron chi connectivity index (χ2n) is 8.83. The van der Waals surface area contributed by atoms with Crippen LogP contribution in [0.4, 0.5) is 4.39 Å². The summed E-state index contributed by atoms with van der Waals surface area (Å²) in [5, 5.41) is 11.3. The van der Waals surface area contributed by atoms with Gasteiger partial charge in [0.25, 0.3) is 5.56 Å². The average Bonchev–Trinajstić information content (AvgIpc) is 3.14. The zero-order chi connectivity index (χ0) is 22.3. The topological polar surface area (TPSA) is 81.4 Å². The van der Waals surface area contributed by atoms with Gasteiger partial charge in [-0.25, -0.2) is 14.2 Å². The SMILES string of the molecule is C=CCC1CCc2c(C)c(F)cc3nc4c(c1c23)Cn1c-4cc2c(c1=O)COC(=O)C2O. The number of cyclic esters (lactones) is 1. The number of ether oxygens (including phenoxy) is 1. The maximum atomic E-state index is 14.7. The van der Waals surface area contributed by atoms with Crippen LogP contribution in [0.1, 0.15) is 58.2 Å². The Morgan fingerprint density at radius 1 is 1.31 bits per heavy atom. The van der Waals surface area contributed by atoms with Crippen LogP contribution >= 0.6 is 0 Å². The number of aliphatic hydroxyl groups excluding tert-OH is 1. The Hall–Kier alpha value is -3.32. The van der Waals surface area contributed by atoms with Crippen LogP contribution in [0.15, 0.2) is 29.6 Å². The molecule has 162 valence electrons. The number of aryl methyl sites for hydroxylation is 1. The molecule has 2 aromatic heterocycles. The van der Waals surface area contributed by atoms with E-state index in [1.54, 1.807) is 17.6 Å². The molecule has 0 saturated heterocycles. The molecule has 2 aliphatic heterocycles. The predicted molar refractivity (Wildman–Crippen MR) is 116 cm³/mol. The van der Waals surface area contributed by atoms with Crippen molar-refractivity contribution in [1.82, 2.24) is 9.55 Å². The van der Waals surface area contributed by atoms with Crippen LogP contribution in [0.2, 0.25) is 0 Å². The maximum Gasteiger partial charge on any atom is 0.340 e. The maximum absolute atomic E-state index is 14.7. The number of rotatable bonds is 2. The number of esters is 1. The summed E-state index contributed by atoms with van der Waals surface area (Å²) in [7, 11) is 0. The number of nitrogens with zero attached hydrogens (tertiary/aromatic N) is 2. The minimum absolute atomic E-state index is 0.156. The fraction of sp³-hybridized carbons (Fsp3) is 0.320. The van der Waals surface area contributed by atoms with Gasteiger partial charge in [0.05, 0.1) is 29.0 Å². The van der Waals surface area contributed by atoms with Crippen LogP contribution in [0.5, 0.6) is 0 Å². The smallest absolute Gasteiger partial charge is 0.340 e. The number of hydrogen-bond acceptors (Lipinski definition) is 5. The number of halogens is 1. The Morgan fingerprint density at radius 2 is 2.12 bits per heavy atom. The lowest BCUT2D eigenvalue weighted by atomic mass is 9.77. The fourth-order valence-corrected chi connectivity index (χ4v) is 5.63. The molecular formula is C25H21FN2O4. The molecule has 0 radical (unpaired) electrons. The second-order valence-corrected chi connectivity index (χ2v) is 8.83. The molecule has 0 fully saturated rings. The molecule has 1 aromatic carbocycles. The largest absolute Gasteiger partial charge is 0.458 e. The first-order valence-electron chi connectivity index (χ1n) is 10.8. The van der Waals surface area contributed by atoms with Gasteiger partial charge in [-0.3, -0.25) is 4.79 Å². The third-order valence-electron chi connectivity index (χ3n) is 7.22. The van der Waals surface area contributed by atoms with Crippen molar-refractivity contribution < 1.29 is 19.0 Å². The van der Waals surface area contributed by atoms with Crippen molar-refractivity contribution in [2.24, 2.45) is 0 Å². The highest BCUT2D eigenvalue weighted by atomic mass is 19.1. The van der Waals surface area contributed by atoms with Crippen molar-refractivity contribution in [1.29, 1.82) is 0 Å². The number of carbonyl (C=O) groups is 1. The first kappa shape index (κ1) is 19.4. The molecule has 0 bridgehead atoms. The first-order valence-corrected chi connectivity index (χ1v) is 10.8. The number of fused-ring (bicyclic) bond motifs is 5. The minimum atomic E-state index is -1.50. The van der Waals surface area contributed by atoms with Crippen LogP contribution in [0.25, 0.3) is 22.3 Å². The molecule has 0 saturated carbocycles. The lowest BCUT2D eigenvalue weighted by Gasteiger charge is -2.28. The molecule has 6 nitrogen and oxygen atoms in total. The number of aromatic nitrogens is 2. The summed E-state index contributed by atoms with van der Waals surface area (Å²) in [6.07, 6.45) is 2.83. The molecule has 1 aliphatic carbocycles. The molecule has 3 aliphatic rings. The average molecular weight is 432 g/mol. The van der Waals surface area contributed by atoms with Crippen LogP contribution in [-0.4, -0.2) is 20.6 Å². The minimum Gasteiger partial charge on any atom is -0.458 e. The van der Waals surface area contributed by atoms with Crippen molar-refractivity contribution in [2.45, 2.75) is 51.4 Å². The van der Waals surface area contributed by atoms with E-state index >= 15 is 0 Å². The number of carbonyl (C=O) groups excluding carboxylic acids is 1. The van der Waals surface area contributed by atoms with Gasteiger partial charge in [-0.2, -0.15) is 0 Å². The Balaban J connectivity index is 1.69. The summed E-state index contributed by atoms with van der Waals surface area (Å²) < 4.78 is 21.3.